The van der Waals surface area contributed by atoms with E-state index in [1.807, 2.05) is 17.1 Å². The minimum Gasteiger partial charge on any atom is -0.465 e. The van der Waals surface area contributed by atoms with Crippen LogP contribution in [0.15, 0.2) is 18.7 Å². The summed E-state index contributed by atoms with van der Waals surface area (Å²) in [7, 11) is 0. The minimum absolute atomic E-state index is 0.110. The summed E-state index contributed by atoms with van der Waals surface area (Å²) >= 11 is 0. The van der Waals surface area contributed by atoms with Crippen molar-refractivity contribution < 1.29 is 14.3 Å². The van der Waals surface area contributed by atoms with Gasteiger partial charge in [-0.1, -0.05) is 6.42 Å². The summed E-state index contributed by atoms with van der Waals surface area (Å²) in [5, 5.41) is 0. The molecule has 100 valence electrons. The number of imidazole rings is 1. The second-order valence-corrected chi connectivity index (χ2v) is 4.31. The van der Waals surface area contributed by atoms with Crippen LogP contribution < -0.4 is 0 Å². The second kappa shape index (κ2) is 8.44. The van der Waals surface area contributed by atoms with Crippen LogP contribution in [-0.2, 0) is 20.9 Å². The number of esters is 1. The summed E-state index contributed by atoms with van der Waals surface area (Å²) < 4.78 is 6.98. The molecule has 0 aliphatic rings. The predicted molar refractivity (Wildman–Crippen MR) is 67.0 cm³/mol. The Morgan fingerprint density at radius 2 is 2.00 bits per heavy atom. The molecule has 0 radical (unpaired) electrons. The Labute approximate surface area is 107 Å². The molecule has 0 saturated carbocycles. The van der Waals surface area contributed by atoms with Gasteiger partial charge in [-0.2, -0.15) is 0 Å². The minimum atomic E-state index is -0.416. The quantitative estimate of drug-likeness (QED) is 0.383. The van der Waals surface area contributed by atoms with Gasteiger partial charge in [0.25, 0.3) is 0 Å². The zero-order chi connectivity index (χ0) is 13.2. The Bertz CT molecular complexity index is 360. The first kappa shape index (κ1) is 14.4. The number of unbranched alkanes of at least 4 members (excludes halogenated alkanes) is 3. The number of hydrogen-bond donors (Lipinski definition) is 0. The average Bonchev–Trinajstić information content (AvgIpc) is 2.79. The lowest BCUT2D eigenvalue weighted by molar-refractivity contribution is -0.145. The number of nitrogens with zero attached hydrogens (tertiary/aromatic N) is 2. The summed E-state index contributed by atoms with van der Waals surface area (Å²) in [6.45, 7) is 2.78. The Balaban J connectivity index is 1.89. The molecule has 1 aromatic heterocycles. The maximum absolute atomic E-state index is 11.0. The highest BCUT2D eigenvalue weighted by Gasteiger charge is 2.05. The number of Topliss-reactive ketones (excluding diaryl/α,β-unsaturated/α-hetero) is 1. The fourth-order valence-electron chi connectivity index (χ4n) is 1.61. The molecule has 0 spiro atoms. The molecule has 5 nitrogen and oxygen atoms in total. The third-order valence-corrected chi connectivity index (χ3v) is 2.53. The Morgan fingerprint density at radius 1 is 1.22 bits per heavy atom. The van der Waals surface area contributed by atoms with E-state index in [1.54, 1.807) is 6.20 Å². The van der Waals surface area contributed by atoms with Gasteiger partial charge in [-0.05, 0) is 26.2 Å². The molecule has 0 atom stereocenters. The summed E-state index contributed by atoms with van der Waals surface area (Å²) in [5.41, 5.74) is 0. The molecule has 1 heterocycles. The van der Waals surface area contributed by atoms with Crippen LogP contribution in [-0.4, -0.2) is 27.9 Å². The lowest BCUT2D eigenvalue weighted by atomic mass is 10.2. The molecule has 0 aliphatic heterocycles. The topological polar surface area (TPSA) is 61.2 Å². The van der Waals surface area contributed by atoms with Gasteiger partial charge in [-0.3, -0.25) is 9.59 Å². The van der Waals surface area contributed by atoms with Crippen LogP contribution in [0.1, 0.15) is 39.0 Å². The highest BCUT2D eigenvalue weighted by molar-refractivity contribution is 5.94. The molecule has 18 heavy (non-hydrogen) atoms. The van der Waals surface area contributed by atoms with Crippen LogP contribution >= 0.6 is 0 Å². The van der Waals surface area contributed by atoms with E-state index in [0.29, 0.717) is 6.61 Å². The molecule has 0 saturated heterocycles. The van der Waals surface area contributed by atoms with Crippen LogP contribution in [0.4, 0.5) is 0 Å². The Kier molecular flexibility index (Phi) is 6.76. The SMILES string of the molecule is CC(=O)CC(=O)OCCCCCCn1ccnc1. The van der Waals surface area contributed by atoms with Gasteiger partial charge in [0.15, 0.2) is 0 Å². The van der Waals surface area contributed by atoms with Crippen molar-refractivity contribution in [2.24, 2.45) is 0 Å². The van der Waals surface area contributed by atoms with Gasteiger partial charge < -0.3 is 9.30 Å². The van der Waals surface area contributed by atoms with E-state index in [2.05, 4.69) is 4.98 Å². The number of aromatic nitrogens is 2. The molecule has 0 bridgehead atoms. The number of carbonyl (C=O) groups excluding carboxylic acids is 2. The normalized spacial score (nSPS) is 10.3. The summed E-state index contributed by atoms with van der Waals surface area (Å²) in [6, 6.07) is 0. The van der Waals surface area contributed by atoms with E-state index in [0.717, 1.165) is 32.2 Å². The molecular weight excluding hydrogens is 232 g/mol. The zero-order valence-electron chi connectivity index (χ0n) is 10.8. The Morgan fingerprint density at radius 3 is 2.67 bits per heavy atom. The molecule has 0 fully saturated rings. The van der Waals surface area contributed by atoms with Crippen molar-refractivity contribution in [1.82, 2.24) is 9.55 Å². The fraction of sp³-hybridized carbons (Fsp3) is 0.615. The second-order valence-electron chi connectivity index (χ2n) is 4.31. The van der Waals surface area contributed by atoms with Crippen LogP contribution in [0, 0.1) is 0 Å². The number of ketones is 1. The van der Waals surface area contributed by atoms with E-state index in [4.69, 9.17) is 4.74 Å². The first-order valence-corrected chi connectivity index (χ1v) is 6.29. The largest absolute Gasteiger partial charge is 0.465 e. The monoisotopic (exact) mass is 252 g/mol. The zero-order valence-corrected chi connectivity index (χ0v) is 10.8. The number of hydrogen-bond acceptors (Lipinski definition) is 4. The van der Waals surface area contributed by atoms with Crippen molar-refractivity contribution in [3.63, 3.8) is 0 Å². The van der Waals surface area contributed by atoms with Gasteiger partial charge in [0.2, 0.25) is 0 Å². The number of rotatable bonds is 9. The van der Waals surface area contributed by atoms with Crippen LogP contribution in [0.5, 0.6) is 0 Å². The van der Waals surface area contributed by atoms with E-state index in [-0.39, 0.29) is 12.2 Å². The summed E-state index contributed by atoms with van der Waals surface area (Å²) in [6.07, 6.45) is 9.50. The van der Waals surface area contributed by atoms with Crippen molar-refractivity contribution in [1.29, 1.82) is 0 Å². The number of aryl methyl sites for hydroxylation is 1. The van der Waals surface area contributed by atoms with Crippen molar-refractivity contribution >= 4 is 11.8 Å². The van der Waals surface area contributed by atoms with Gasteiger partial charge in [0.05, 0.1) is 12.9 Å². The van der Waals surface area contributed by atoms with Crippen molar-refractivity contribution in [3.05, 3.63) is 18.7 Å². The highest BCUT2D eigenvalue weighted by atomic mass is 16.5. The third-order valence-electron chi connectivity index (χ3n) is 2.53. The van der Waals surface area contributed by atoms with Crippen molar-refractivity contribution in [2.75, 3.05) is 6.61 Å². The first-order valence-electron chi connectivity index (χ1n) is 6.29. The molecule has 1 rings (SSSR count). The standard InChI is InChI=1S/C13H20N2O3/c1-12(16)10-13(17)18-9-5-3-2-4-7-15-8-6-14-11-15/h6,8,11H,2-5,7,9-10H2,1H3. The maximum Gasteiger partial charge on any atom is 0.313 e. The molecule has 0 amide bonds. The summed E-state index contributed by atoms with van der Waals surface area (Å²) in [4.78, 5) is 25.6. The van der Waals surface area contributed by atoms with Crippen molar-refractivity contribution in [2.45, 2.75) is 45.6 Å². The first-order chi connectivity index (χ1) is 8.68. The van der Waals surface area contributed by atoms with Crippen LogP contribution in [0.2, 0.25) is 0 Å². The third kappa shape index (κ3) is 6.83. The molecule has 0 N–H and O–H groups in total. The van der Waals surface area contributed by atoms with E-state index >= 15 is 0 Å². The number of ether oxygens (including phenoxy) is 1. The Hall–Kier alpha value is -1.65. The van der Waals surface area contributed by atoms with Crippen molar-refractivity contribution in [3.8, 4) is 0 Å². The van der Waals surface area contributed by atoms with Gasteiger partial charge in [0.1, 0.15) is 12.2 Å². The maximum atomic E-state index is 11.0. The van der Waals surface area contributed by atoms with E-state index in [1.165, 1.54) is 6.92 Å². The average molecular weight is 252 g/mol. The molecular formula is C13H20N2O3. The molecule has 0 aromatic carbocycles. The van der Waals surface area contributed by atoms with Gasteiger partial charge in [0, 0.05) is 18.9 Å². The fourth-order valence-corrected chi connectivity index (χ4v) is 1.61. The molecule has 0 aliphatic carbocycles. The van der Waals surface area contributed by atoms with Crippen LogP contribution in [0.3, 0.4) is 0 Å². The molecule has 5 heteroatoms. The smallest absolute Gasteiger partial charge is 0.313 e. The number of carbonyl (C=O) groups is 2. The lowest BCUT2D eigenvalue weighted by Gasteiger charge is -2.04. The van der Waals surface area contributed by atoms with Gasteiger partial charge in [-0.15, -0.1) is 0 Å². The van der Waals surface area contributed by atoms with Gasteiger partial charge >= 0.3 is 5.97 Å². The molecule has 1 aromatic rings. The summed E-state index contributed by atoms with van der Waals surface area (Å²) in [5.74, 6) is -0.568. The lowest BCUT2D eigenvalue weighted by Crippen LogP contribution is -2.09. The van der Waals surface area contributed by atoms with E-state index < -0.39 is 5.97 Å². The van der Waals surface area contributed by atoms with E-state index in [9.17, 15) is 9.59 Å². The van der Waals surface area contributed by atoms with Gasteiger partial charge in [-0.25, -0.2) is 4.98 Å². The predicted octanol–water partition coefficient (Wildman–Crippen LogP) is 1.97. The van der Waals surface area contributed by atoms with Crippen LogP contribution in [0.25, 0.3) is 0 Å². The molecule has 0 unspecified atom stereocenters. The highest BCUT2D eigenvalue weighted by Crippen LogP contribution is 2.03.